The summed E-state index contributed by atoms with van der Waals surface area (Å²) in [5.74, 6) is 0.995. The van der Waals surface area contributed by atoms with Gasteiger partial charge in [0.1, 0.15) is 5.82 Å². The average molecular weight is 158 g/mol. The van der Waals surface area contributed by atoms with Crippen LogP contribution in [0.1, 0.15) is 5.56 Å². The molecule has 1 aromatic heterocycles. The Bertz CT molecular complexity index is 328. The summed E-state index contributed by atoms with van der Waals surface area (Å²) in [6, 6.07) is 3.99. The molecule has 2 heterocycles. The maximum Gasteiger partial charge on any atom is 0.140 e. The van der Waals surface area contributed by atoms with Crippen LogP contribution in [0.25, 0.3) is 6.08 Å². The van der Waals surface area contributed by atoms with E-state index in [0.29, 0.717) is 0 Å². The fourth-order valence-corrected chi connectivity index (χ4v) is 1.32. The first-order valence-electron chi connectivity index (χ1n) is 3.92. The Kier molecular flexibility index (Phi) is 1.67. The van der Waals surface area contributed by atoms with Crippen molar-refractivity contribution in [2.75, 3.05) is 11.4 Å². The van der Waals surface area contributed by atoms with Crippen LogP contribution in [0.15, 0.2) is 37.2 Å². The van der Waals surface area contributed by atoms with Crippen molar-refractivity contribution in [2.24, 2.45) is 0 Å². The minimum atomic E-state index is 0.869. The van der Waals surface area contributed by atoms with Gasteiger partial charge in [0, 0.05) is 18.3 Å². The van der Waals surface area contributed by atoms with E-state index in [-0.39, 0.29) is 0 Å². The predicted octanol–water partition coefficient (Wildman–Crippen LogP) is 2.06. The van der Waals surface area contributed by atoms with Crippen LogP contribution in [-0.4, -0.2) is 11.5 Å². The smallest absolute Gasteiger partial charge is 0.140 e. The van der Waals surface area contributed by atoms with E-state index in [1.807, 2.05) is 11.0 Å². The van der Waals surface area contributed by atoms with Gasteiger partial charge in [-0.15, -0.1) is 0 Å². The van der Waals surface area contributed by atoms with Gasteiger partial charge in [-0.1, -0.05) is 18.7 Å². The number of fused-ring (bicyclic) bond motifs is 1. The van der Waals surface area contributed by atoms with Gasteiger partial charge >= 0.3 is 0 Å². The number of aromatic nitrogens is 1. The highest BCUT2D eigenvalue weighted by atomic mass is 15.2. The molecule has 0 amide bonds. The van der Waals surface area contributed by atoms with Crippen LogP contribution in [0.4, 0.5) is 5.82 Å². The SMILES string of the molecule is C=CN1CC=Cc2cccnc21. The highest BCUT2D eigenvalue weighted by Gasteiger charge is 2.09. The lowest BCUT2D eigenvalue weighted by Crippen LogP contribution is -2.19. The highest BCUT2D eigenvalue weighted by Crippen LogP contribution is 2.22. The van der Waals surface area contributed by atoms with Crippen LogP contribution in [0, 0.1) is 0 Å². The standard InChI is InChI=1S/C10H10N2/c1-2-12-8-4-6-9-5-3-7-11-10(9)12/h2-7H,1,8H2. The molecule has 0 atom stereocenters. The fraction of sp³-hybridized carbons (Fsp3) is 0.100. The van der Waals surface area contributed by atoms with Gasteiger partial charge in [-0.3, -0.25) is 0 Å². The summed E-state index contributed by atoms with van der Waals surface area (Å²) in [5, 5.41) is 0. The quantitative estimate of drug-likeness (QED) is 0.622. The van der Waals surface area contributed by atoms with Gasteiger partial charge in [0.15, 0.2) is 0 Å². The number of anilines is 1. The van der Waals surface area contributed by atoms with Crippen LogP contribution in [0.3, 0.4) is 0 Å². The molecule has 1 aliphatic rings. The minimum absolute atomic E-state index is 0.869. The molecule has 2 nitrogen and oxygen atoms in total. The predicted molar refractivity (Wildman–Crippen MR) is 50.8 cm³/mol. The Labute approximate surface area is 71.9 Å². The van der Waals surface area contributed by atoms with Crippen LogP contribution in [0.5, 0.6) is 0 Å². The van der Waals surface area contributed by atoms with Gasteiger partial charge in [-0.2, -0.15) is 0 Å². The third-order valence-electron chi connectivity index (χ3n) is 1.91. The van der Waals surface area contributed by atoms with Gasteiger partial charge in [0.25, 0.3) is 0 Å². The third-order valence-corrected chi connectivity index (χ3v) is 1.91. The topological polar surface area (TPSA) is 16.1 Å². The lowest BCUT2D eigenvalue weighted by molar-refractivity contribution is 1.03. The summed E-state index contributed by atoms with van der Waals surface area (Å²) in [7, 11) is 0. The van der Waals surface area contributed by atoms with Crippen molar-refractivity contribution in [3.8, 4) is 0 Å². The van der Waals surface area contributed by atoms with Crippen molar-refractivity contribution >= 4 is 11.9 Å². The number of hydrogen-bond donors (Lipinski definition) is 0. The van der Waals surface area contributed by atoms with E-state index in [9.17, 15) is 0 Å². The zero-order chi connectivity index (χ0) is 8.39. The minimum Gasteiger partial charge on any atom is -0.329 e. The molecule has 0 unspecified atom stereocenters. The summed E-state index contributed by atoms with van der Waals surface area (Å²) in [5.41, 5.74) is 1.16. The van der Waals surface area contributed by atoms with Crippen molar-refractivity contribution in [1.29, 1.82) is 0 Å². The maximum absolute atomic E-state index is 4.27. The van der Waals surface area contributed by atoms with E-state index in [1.54, 1.807) is 12.4 Å². The van der Waals surface area contributed by atoms with E-state index in [2.05, 4.69) is 29.8 Å². The van der Waals surface area contributed by atoms with Crippen molar-refractivity contribution < 1.29 is 0 Å². The molecule has 2 rings (SSSR count). The largest absolute Gasteiger partial charge is 0.329 e. The second kappa shape index (κ2) is 2.81. The fourth-order valence-electron chi connectivity index (χ4n) is 1.32. The molecule has 1 aromatic rings. The number of nitrogens with zero attached hydrogens (tertiary/aromatic N) is 2. The van der Waals surface area contributed by atoms with Crippen LogP contribution in [-0.2, 0) is 0 Å². The Hall–Kier alpha value is -1.57. The third kappa shape index (κ3) is 1.01. The second-order valence-electron chi connectivity index (χ2n) is 2.65. The first-order chi connectivity index (χ1) is 5.92. The Morgan fingerprint density at radius 3 is 3.33 bits per heavy atom. The molecule has 0 fully saturated rings. The Balaban J connectivity index is 2.52. The van der Waals surface area contributed by atoms with Gasteiger partial charge in [-0.05, 0) is 18.3 Å². The van der Waals surface area contributed by atoms with Gasteiger partial charge in [0.2, 0.25) is 0 Å². The molecule has 0 saturated carbocycles. The number of rotatable bonds is 1. The molecule has 0 bridgehead atoms. The molecule has 60 valence electrons. The van der Waals surface area contributed by atoms with Crippen molar-refractivity contribution in [1.82, 2.24) is 4.98 Å². The summed E-state index contributed by atoms with van der Waals surface area (Å²) in [6.07, 6.45) is 7.79. The van der Waals surface area contributed by atoms with Crippen molar-refractivity contribution in [3.63, 3.8) is 0 Å². The van der Waals surface area contributed by atoms with Crippen LogP contribution in [0.2, 0.25) is 0 Å². The maximum atomic E-state index is 4.27. The molecule has 0 aliphatic carbocycles. The average Bonchev–Trinajstić information content (AvgIpc) is 2.17. The molecule has 0 radical (unpaired) electrons. The molecule has 2 heteroatoms. The molecule has 0 spiro atoms. The zero-order valence-corrected chi connectivity index (χ0v) is 6.77. The van der Waals surface area contributed by atoms with E-state index in [1.165, 1.54) is 0 Å². The van der Waals surface area contributed by atoms with E-state index < -0.39 is 0 Å². The number of hydrogen-bond acceptors (Lipinski definition) is 2. The molecular formula is C10H10N2. The molecule has 12 heavy (non-hydrogen) atoms. The van der Waals surface area contributed by atoms with Gasteiger partial charge < -0.3 is 4.90 Å². The summed E-state index contributed by atoms with van der Waals surface area (Å²) in [4.78, 5) is 6.30. The van der Waals surface area contributed by atoms with Crippen molar-refractivity contribution in [2.45, 2.75) is 0 Å². The first-order valence-corrected chi connectivity index (χ1v) is 3.92. The molecule has 0 saturated heterocycles. The van der Waals surface area contributed by atoms with Crippen molar-refractivity contribution in [3.05, 3.63) is 42.7 Å². The lowest BCUT2D eigenvalue weighted by atomic mass is 10.2. The van der Waals surface area contributed by atoms with E-state index in [4.69, 9.17) is 0 Å². The normalized spacial score (nSPS) is 14.2. The second-order valence-corrected chi connectivity index (χ2v) is 2.65. The zero-order valence-electron chi connectivity index (χ0n) is 6.77. The summed E-state index contributed by atoms with van der Waals surface area (Å²) in [6.45, 7) is 4.60. The van der Waals surface area contributed by atoms with Crippen LogP contribution >= 0.6 is 0 Å². The van der Waals surface area contributed by atoms with Crippen LogP contribution < -0.4 is 4.90 Å². The van der Waals surface area contributed by atoms with Gasteiger partial charge in [0.05, 0.1) is 0 Å². The lowest BCUT2D eigenvalue weighted by Gasteiger charge is -2.22. The Morgan fingerprint density at radius 1 is 1.58 bits per heavy atom. The van der Waals surface area contributed by atoms with E-state index in [0.717, 1.165) is 17.9 Å². The first kappa shape index (κ1) is 7.10. The monoisotopic (exact) mass is 158 g/mol. The molecule has 0 N–H and O–H groups in total. The summed E-state index contributed by atoms with van der Waals surface area (Å²) < 4.78 is 0. The number of pyridine rings is 1. The molecule has 1 aliphatic heterocycles. The Morgan fingerprint density at radius 2 is 2.50 bits per heavy atom. The highest BCUT2D eigenvalue weighted by molar-refractivity contribution is 5.68. The molecular weight excluding hydrogens is 148 g/mol. The summed E-state index contributed by atoms with van der Waals surface area (Å²) >= 11 is 0. The van der Waals surface area contributed by atoms with E-state index >= 15 is 0 Å². The molecule has 0 aromatic carbocycles. The van der Waals surface area contributed by atoms with Gasteiger partial charge in [-0.25, -0.2) is 4.98 Å².